The number of nitrogens with one attached hydrogen (secondary N) is 2. The standard InChI is InChI=1S/C10H14N2O3/c1-2-3-11-10(15)12-7-4-8(13)6-9(14)5-7/h4-6,13-14H,2-3H2,1H3,(H2,11,12,15). The third kappa shape index (κ3) is 3.76. The molecular formula is C10H14N2O3. The monoisotopic (exact) mass is 210 g/mol. The molecule has 15 heavy (non-hydrogen) atoms. The van der Waals surface area contributed by atoms with Crippen LogP contribution in [0.1, 0.15) is 13.3 Å². The van der Waals surface area contributed by atoms with Crippen molar-refractivity contribution in [2.24, 2.45) is 0 Å². The molecule has 0 radical (unpaired) electrons. The first-order valence-electron chi connectivity index (χ1n) is 4.69. The van der Waals surface area contributed by atoms with Gasteiger partial charge in [-0.25, -0.2) is 4.79 Å². The Balaban J connectivity index is 2.60. The summed E-state index contributed by atoms with van der Waals surface area (Å²) in [7, 11) is 0. The van der Waals surface area contributed by atoms with Crippen LogP contribution in [0.15, 0.2) is 18.2 Å². The summed E-state index contributed by atoms with van der Waals surface area (Å²) in [6.07, 6.45) is 0.846. The van der Waals surface area contributed by atoms with Gasteiger partial charge in [-0.15, -0.1) is 0 Å². The van der Waals surface area contributed by atoms with E-state index in [1.807, 2.05) is 6.92 Å². The fraction of sp³-hybridized carbons (Fsp3) is 0.300. The van der Waals surface area contributed by atoms with Crippen LogP contribution in [0.2, 0.25) is 0 Å². The van der Waals surface area contributed by atoms with Crippen molar-refractivity contribution in [1.29, 1.82) is 0 Å². The molecule has 0 aliphatic carbocycles. The van der Waals surface area contributed by atoms with Crippen molar-refractivity contribution in [3.63, 3.8) is 0 Å². The maximum Gasteiger partial charge on any atom is 0.319 e. The molecule has 0 fully saturated rings. The topological polar surface area (TPSA) is 81.6 Å². The van der Waals surface area contributed by atoms with Gasteiger partial charge < -0.3 is 20.8 Å². The minimum absolute atomic E-state index is 0.0965. The zero-order valence-corrected chi connectivity index (χ0v) is 8.45. The van der Waals surface area contributed by atoms with Crippen molar-refractivity contribution < 1.29 is 15.0 Å². The van der Waals surface area contributed by atoms with E-state index < -0.39 is 0 Å². The minimum Gasteiger partial charge on any atom is -0.508 e. The number of phenolic OH excluding ortho intramolecular Hbond substituents is 2. The van der Waals surface area contributed by atoms with Gasteiger partial charge in [0.25, 0.3) is 0 Å². The van der Waals surface area contributed by atoms with Crippen LogP contribution in [0.4, 0.5) is 10.5 Å². The molecule has 5 nitrogen and oxygen atoms in total. The molecule has 2 amide bonds. The Morgan fingerprint density at radius 2 is 1.87 bits per heavy atom. The Bertz CT molecular complexity index is 332. The quantitative estimate of drug-likeness (QED) is 0.612. The molecule has 4 N–H and O–H groups in total. The van der Waals surface area contributed by atoms with E-state index in [9.17, 15) is 4.79 Å². The minimum atomic E-state index is -0.359. The number of phenols is 2. The highest BCUT2D eigenvalue weighted by atomic mass is 16.3. The Kier molecular flexibility index (Phi) is 3.79. The second-order valence-electron chi connectivity index (χ2n) is 3.12. The molecule has 0 bridgehead atoms. The second-order valence-corrected chi connectivity index (χ2v) is 3.12. The third-order valence-electron chi connectivity index (χ3n) is 1.70. The summed E-state index contributed by atoms with van der Waals surface area (Å²) in [6.45, 7) is 2.52. The predicted octanol–water partition coefficient (Wildman–Crippen LogP) is 1.63. The Morgan fingerprint density at radius 3 is 2.40 bits per heavy atom. The molecule has 1 aromatic carbocycles. The Hall–Kier alpha value is -1.91. The first-order chi connectivity index (χ1) is 7.11. The van der Waals surface area contributed by atoms with Gasteiger partial charge in [0.2, 0.25) is 0 Å². The lowest BCUT2D eigenvalue weighted by Crippen LogP contribution is -2.29. The maximum absolute atomic E-state index is 11.2. The van der Waals surface area contributed by atoms with E-state index in [-0.39, 0.29) is 17.5 Å². The van der Waals surface area contributed by atoms with E-state index in [2.05, 4.69) is 10.6 Å². The number of anilines is 1. The molecule has 0 saturated carbocycles. The average Bonchev–Trinajstić information content (AvgIpc) is 2.13. The first-order valence-corrected chi connectivity index (χ1v) is 4.69. The summed E-state index contributed by atoms with van der Waals surface area (Å²) in [6, 6.07) is 3.54. The van der Waals surface area contributed by atoms with E-state index in [1.165, 1.54) is 18.2 Å². The van der Waals surface area contributed by atoms with Gasteiger partial charge in [0.15, 0.2) is 0 Å². The fourth-order valence-corrected chi connectivity index (χ4v) is 1.08. The lowest BCUT2D eigenvalue weighted by molar-refractivity contribution is 0.252. The van der Waals surface area contributed by atoms with Gasteiger partial charge in [-0.2, -0.15) is 0 Å². The summed E-state index contributed by atoms with van der Waals surface area (Å²) >= 11 is 0. The smallest absolute Gasteiger partial charge is 0.319 e. The van der Waals surface area contributed by atoms with Gasteiger partial charge in [0.05, 0.1) is 0 Å². The number of carbonyl (C=O) groups excluding carboxylic acids is 1. The van der Waals surface area contributed by atoms with Gasteiger partial charge in [0, 0.05) is 30.4 Å². The molecule has 1 rings (SSSR count). The molecule has 0 spiro atoms. The number of hydrogen-bond donors (Lipinski definition) is 4. The molecule has 0 aliphatic rings. The number of benzene rings is 1. The maximum atomic E-state index is 11.2. The van der Waals surface area contributed by atoms with Crippen LogP contribution in [0.3, 0.4) is 0 Å². The van der Waals surface area contributed by atoms with Crippen LogP contribution in [-0.4, -0.2) is 22.8 Å². The van der Waals surface area contributed by atoms with Gasteiger partial charge >= 0.3 is 6.03 Å². The molecule has 82 valence electrons. The molecule has 0 heterocycles. The fourth-order valence-electron chi connectivity index (χ4n) is 1.08. The highest BCUT2D eigenvalue weighted by molar-refractivity contribution is 5.89. The lowest BCUT2D eigenvalue weighted by atomic mass is 10.3. The average molecular weight is 210 g/mol. The largest absolute Gasteiger partial charge is 0.508 e. The molecular weight excluding hydrogens is 196 g/mol. The third-order valence-corrected chi connectivity index (χ3v) is 1.70. The van der Waals surface area contributed by atoms with Crippen molar-refractivity contribution in [2.75, 3.05) is 11.9 Å². The Morgan fingerprint density at radius 1 is 1.27 bits per heavy atom. The van der Waals surface area contributed by atoms with Crippen LogP contribution in [0.5, 0.6) is 11.5 Å². The van der Waals surface area contributed by atoms with E-state index in [0.29, 0.717) is 12.2 Å². The van der Waals surface area contributed by atoms with Gasteiger partial charge in [0.1, 0.15) is 11.5 Å². The molecule has 0 aliphatic heterocycles. The van der Waals surface area contributed by atoms with Gasteiger partial charge in [-0.1, -0.05) is 6.92 Å². The highest BCUT2D eigenvalue weighted by Gasteiger charge is 2.02. The number of rotatable bonds is 3. The number of amides is 2. The lowest BCUT2D eigenvalue weighted by Gasteiger charge is -2.07. The van der Waals surface area contributed by atoms with Crippen LogP contribution in [0.25, 0.3) is 0 Å². The van der Waals surface area contributed by atoms with Gasteiger partial charge in [-0.3, -0.25) is 0 Å². The molecule has 1 aromatic rings. The number of aromatic hydroxyl groups is 2. The van der Waals surface area contributed by atoms with E-state index >= 15 is 0 Å². The first kappa shape index (κ1) is 11.2. The SMILES string of the molecule is CCCNC(=O)Nc1cc(O)cc(O)c1. The van der Waals surface area contributed by atoms with Crippen molar-refractivity contribution >= 4 is 11.7 Å². The van der Waals surface area contributed by atoms with Crippen molar-refractivity contribution in [2.45, 2.75) is 13.3 Å². The zero-order chi connectivity index (χ0) is 11.3. The van der Waals surface area contributed by atoms with Crippen molar-refractivity contribution in [3.05, 3.63) is 18.2 Å². The van der Waals surface area contributed by atoms with E-state index in [0.717, 1.165) is 6.42 Å². The molecule has 5 heteroatoms. The summed E-state index contributed by atoms with van der Waals surface area (Å²) in [5.74, 6) is -0.193. The predicted molar refractivity (Wildman–Crippen MR) is 57.1 cm³/mol. The van der Waals surface area contributed by atoms with E-state index in [4.69, 9.17) is 10.2 Å². The molecule has 0 unspecified atom stereocenters. The van der Waals surface area contributed by atoms with Crippen LogP contribution < -0.4 is 10.6 Å². The van der Waals surface area contributed by atoms with E-state index in [1.54, 1.807) is 0 Å². The molecule has 0 aromatic heterocycles. The summed E-state index contributed by atoms with van der Waals surface area (Å²) in [4.78, 5) is 11.2. The Labute approximate surface area is 87.7 Å². The number of urea groups is 1. The normalized spacial score (nSPS) is 9.67. The van der Waals surface area contributed by atoms with Crippen molar-refractivity contribution in [1.82, 2.24) is 5.32 Å². The van der Waals surface area contributed by atoms with Crippen LogP contribution >= 0.6 is 0 Å². The van der Waals surface area contributed by atoms with Gasteiger partial charge in [-0.05, 0) is 6.42 Å². The highest BCUT2D eigenvalue weighted by Crippen LogP contribution is 2.23. The molecule has 0 atom stereocenters. The number of hydrogen-bond acceptors (Lipinski definition) is 3. The van der Waals surface area contributed by atoms with Crippen LogP contribution in [-0.2, 0) is 0 Å². The summed E-state index contributed by atoms with van der Waals surface area (Å²) in [5, 5.41) is 23.4. The van der Waals surface area contributed by atoms with Crippen LogP contribution in [0, 0.1) is 0 Å². The second kappa shape index (κ2) is 5.09. The summed E-state index contributed by atoms with van der Waals surface area (Å²) in [5.41, 5.74) is 0.348. The molecule has 0 saturated heterocycles. The number of carbonyl (C=O) groups is 1. The van der Waals surface area contributed by atoms with Crippen molar-refractivity contribution in [3.8, 4) is 11.5 Å². The zero-order valence-electron chi connectivity index (χ0n) is 8.45. The summed E-state index contributed by atoms with van der Waals surface area (Å²) < 4.78 is 0.